The number of rotatable bonds is 10. The topological polar surface area (TPSA) is 115 Å². The Labute approximate surface area is 286 Å². The zero-order valence-corrected chi connectivity index (χ0v) is 28.9. The summed E-state index contributed by atoms with van der Waals surface area (Å²) >= 11 is 0. The van der Waals surface area contributed by atoms with E-state index in [0.717, 1.165) is 50.2 Å². The highest BCUT2D eigenvalue weighted by Crippen LogP contribution is 2.35. The average molecular weight is 657 g/mol. The van der Waals surface area contributed by atoms with Crippen molar-refractivity contribution in [2.45, 2.75) is 47.6 Å². The molecule has 0 aliphatic carbocycles. The maximum absolute atomic E-state index is 11.7. The Morgan fingerprint density at radius 2 is 1.27 bits per heavy atom. The molecule has 5 aromatic rings. The van der Waals surface area contributed by atoms with Crippen molar-refractivity contribution in [3.05, 3.63) is 118 Å². The first-order valence-corrected chi connectivity index (χ1v) is 15.9. The second-order valence-corrected chi connectivity index (χ2v) is 12.2. The molecule has 0 spiro atoms. The van der Waals surface area contributed by atoms with Crippen LogP contribution in [0.5, 0.6) is 5.75 Å². The summed E-state index contributed by atoms with van der Waals surface area (Å²) < 4.78 is 9.44. The Morgan fingerprint density at radius 3 is 1.80 bits per heavy atom. The summed E-state index contributed by atoms with van der Waals surface area (Å²) in [4.78, 5) is 39.8. The van der Waals surface area contributed by atoms with E-state index in [9.17, 15) is 14.7 Å². The van der Waals surface area contributed by atoms with Crippen LogP contribution < -0.4 is 4.90 Å². The summed E-state index contributed by atoms with van der Waals surface area (Å²) in [6, 6.07) is 24.0. The number of aromatic hydroxyl groups is 1. The summed E-state index contributed by atoms with van der Waals surface area (Å²) in [7, 11) is 3.20. The lowest BCUT2D eigenvalue weighted by molar-refractivity contribution is -0.149. The van der Waals surface area contributed by atoms with Gasteiger partial charge in [-0.25, -0.2) is 15.0 Å². The monoisotopic (exact) mass is 656 g/mol. The molecule has 0 aliphatic heterocycles. The SMILES string of the molecule is COC(=O)CC(=O)O/C=C/c1ccc(N(C)Cc2cc(C)c(O)c(-c3nc(-c4ccc(C)cc4C)nc(-c4ccc(C)cc4C)n3)c2)cc1. The maximum Gasteiger partial charge on any atom is 0.321 e. The van der Waals surface area contributed by atoms with Crippen molar-refractivity contribution in [1.82, 2.24) is 15.0 Å². The number of hydrogen-bond acceptors (Lipinski definition) is 9. The number of anilines is 1. The summed E-state index contributed by atoms with van der Waals surface area (Å²) in [5.74, 6) is 0.267. The number of phenols is 1. The molecule has 0 fully saturated rings. The van der Waals surface area contributed by atoms with Gasteiger partial charge in [-0.1, -0.05) is 65.7 Å². The van der Waals surface area contributed by atoms with E-state index in [0.29, 0.717) is 35.1 Å². The predicted octanol–water partition coefficient (Wildman–Crippen LogP) is 7.83. The molecule has 9 heteroatoms. The van der Waals surface area contributed by atoms with Crippen LogP contribution in [0, 0.1) is 34.6 Å². The Morgan fingerprint density at radius 1 is 0.714 bits per heavy atom. The molecule has 0 saturated carbocycles. The van der Waals surface area contributed by atoms with Crippen LogP contribution in [-0.2, 0) is 25.6 Å². The fourth-order valence-electron chi connectivity index (χ4n) is 5.61. The van der Waals surface area contributed by atoms with Crippen molar-refractivity contribution < 1.29 is 24.2 Å². The number of aromatic nitrogens is 3. The second-order valence-electron chi connectivity index (χ2n) is 12.2. The number of nitrogens with zero attached hydrogens (tertiary/aromatic N) is 4. The predicted molar refractivity (Wildman–Crippen MR) is 192 cm³/mol. The molecule has 1 N–H and O–H groups in total. The molecule has 0 atom stereocenters. The molecule has 0 unspecified atom stereocenters. The van der Waals surface area contributed by atoms with E-state index in [2.05, 4.69) is 35.6 Å². The van der Waals surface area contributed by atoms with Gasteiger partial charge < -0.3 is 19.5 Å². The Kier molecular flexibility index (Phi) is 10.5. The molecule has 9 nitrogen and oxygen atoms in total. The van der Waals surface area contributed by atoms with Crippen LogP contribution in [0.15, 0.2) is 79.1 Å². The summed E-state index contributed by atoms with van der Waals surface area (Å²) in [5.41, 5.74) is 10.2. The van der Waals surface area contributed by atoms with E-state index in [1.54, 1.807) is 6.08 Å². The molecule has 0 radical (unpaired) electrons. The normalized spacial score (nSPS) is 11.1. The molecule has 1 aromatic heterocycles. The molecule has 5 rings (SSSR count). The van der Waals surface area contributed by atoms with E-state index >= 15 is 0 Å². The van der Waals surface area contributed by atoms with Crippen LogP contribution in [0.1, 0.15) is 45.4 Å². The van der Waals surface area contributed by atoms with Gasteiger partial charge in [0.2, 0.25) is 0 Å². The van der Waals surface area contributed by atoms with Gasteiger partial charge in [-0.3, -0.25) is 9.59 Å². The molecule has 0 saturated heterocycles. The van der Waals surface area contributed by atoms with Gasteiger partial charge in [-0.2, -0.15) is 0 Å². The van der Waals surface area contributed by atoms with Crippen LogP contribution in [-0.4, -0.2) is 46.2 Å². The van der Waals surface area contributed by atoms with E-state index < -0.39 is 18.4 Å². The van der Waals surface area contributed by atoms with Gasteiger partial charge in [0.05, 0.1) is 18.9 Å². The average Bonchev–Trinajstić information content (AvgIpc) is 3.06. The quantitative estimate of drug-likeness (QED) is 0.0912. The van der Waals surface area contributed by atoms with Gasteiger partial charge in [0, 0.05) is 30.4 Å². The first kappa shape index (κ1) is 34.5. The highest BCUT2D eigenvalue weighted by molar-refractivity contribution is 5.91. The van der Waals surface area contributed by atoms with E-state index in [-0.39, 0.29) is 5.75 Å². The van der Waals surface area contributed by atoms with Gasteiger partial charge in [0.25, 0.3) is 0 Å². The molecular weight excluding hydrogens is 616 g/mol. The number of phenolic OH excluding ortho intramolecular Hbond substituents is 1. The van der Waals surface area contributed by atoms with Crippen molar-refractivity contribution in [1.29, 1.82) is 0 Å². The largest absolute Gasteiger partial charge is 0.507 e. The van der Waals surface area contributed by atoms with E-state index in [1.807, 2.05) is 88.5 Å². The molecule has 0 bridgehead atoms. The third-order valence-electron chi connectivity index (χ3n) is 8.21. The lowest BCUT2D eigenvalue weighted by atomic mass is 10.0. The standard InChI is InChI=1S/C40H40N4O5/c1-24-8-14-32(26(3)18-24)38-41-39(33-15-9-25(2)19-27(33)4)43-40(42-38)34-21-30(20-28(5)37(34)47)23-44(6)31-12-10-29(11-13-31)16-17-49-36(46)22-35(45)48-7/h8-21,47H,22-23H2,1-7H3/b17-16+. The highest BCUT2D eigenvalue weighted by atomic mass is 16.5. The van der Waals surface area contributed by atoms with Crippen LogP contribution in [0.3, 0.4) is 0 Å². The molecule has 0 amide bonds. The second kappa shape index (κ2) is 14.9. The Bertz CT molecular complexity index is 1980. The molecule has 1 heterocycles. The van der Waals surface area contributed by atoms with Crippen molar-refractivity contribution in [3.63, 3.8) is 0 Å². The number of ether oxygens (including phenoxy) is 2. The van der Waals surface area contributed by atoms with Crippen LogP contribution in [0.4, 0.5) is 5.69 Å². The van der Waals surface area contributed by atoms with Crippen LogP contribution in [0.25, 0.3) is 40.2 Å². The lowest BCUT2D eigenvalue weighted by Crippen LogP contribution is -2.16. The summed E-state index contributed by atoms with van der Waals surface area (Å²) in [6.45, 7) is 10.6. The molecule has 0 aliphatic rings. The van der Waals surface area contributed by atoms with Gasteiger partial charge in [-0.05, 0) is 86.7 Å². The highest BCUT2D eigenvalue weighted by Gasteiger charge is 2.19. The number of carbonyl (C=O) groups is 2. The molecular formula is C40H40N4O5. The van der Waals surface area contributed by atoms with E-state index in [1.165, 1.54) is 13.4 Å². The smallest absolute Gasteiger partial charge is 0.321 e. The number of esters is 2. The Balaban J connectivity index is 1.45. The zero-order valence-electron chi connectivity index (χ0n) is 28.9. The van der Waals surface area contributed by atoms with Gasteiger partial charge in [0.15, 0.2) is 17.5 Å². The number of carbonyl (C=O) groups excluding carboxylic acids is 2. The van der Waals surface area contributed by atoms with E-state index in [4.69, 9.17) is 19.7 Å². The first-order valence-electron chi connectivity index (χ1n) is 15.9. The summed E-state index contributed by atoms with van der Waals surface area (Å²) in [6.07, 6.45) is 2.45. The molecule has 4 aromatic carbocycles. The van der Waals surface area contributed by atoms with Crippen molar-refractivity contribution >= 4 is 23.7 Å². The van der Waals surface area contributed by atoms with Crippen molar-refractivity contribution in [3.8, 4) is 39.9 Å². The van der Waals surface area contributed by atoms with Crippen LogP contribution >= 0.6 is 0 Å². The third-order valence-corrected chi connectivity index (χ3v) is 8.21. The molecule has 49 heavy (non-hydrogen) atoms. The van der Waals surface area contributed by atoms with Gasteiger partial charge in [-0.15, -0.1) is 0 Å². The van der Waals surface area contributed by atoms with Crippen molar-refractivity contribution in [2.75, 3.05) is 19.1 Å². The minimum atomic E-state index is -0.692. The Hall–Kier alpha value is -5.83. The zero-order chi connectivity index (χ0) is 35.2. The number of benzene rings is 4. The summed E-state index contributed by atoms with van der Waals surface area (Å²) in [5, 5.41) is 11.3. The third kappa shape index (κ3) is 8.37. The number of methoxy groups -OCH3 is 1. The lowest BCUT2D eigenvalue weighted by Gasteiger charge is -2.21. The van der Waals surface area contributed by atoms with Gasteiger partial charge in [0.1, 0.15) is 12.2 Å². The fourth-order valence-corrected chi connectivity index (χ4v) is 5.61. The first-order chi connectivity index (χ1) is 23.4. The number of aryl methyl sites for hydroxylation is 5. The van der Waals surface area contributed by atoms with Gasteiger partial charge >= 0.3 is 11.9 Å². The minimum absolute atomic E-state index is 0.124. The van der Waals surface area contributed by atoms with Crippen molar-refractivity contribution in [2.24, 2.45) is 0 Å². The maximum atomic E-state index is 11.7. The van der Waals surface area contributed by atoms with Crippen LogP contribution in [0.2, 0.25) is 0 Å². The number of hydrogen-bond donors (Lipinski definition) is 1. The minimum Gasteiger partial charge on any atom is -0.507 e. The fraction of sp³-hybridized carbons (Fsp3) is 0.225. The molecule has 250 valence electrons.